The molecule has 0 spiro atoms. The molecule has 0 radical (unpaired) electrons. The number of rotatable bonds is 5. The molecule has 0 heterocycles. The van der Waals surface area contributed by atoms with E-state index in [2.05, 4.69) is 27.9 Å². The minimum Gasteiger partial charge on any atom is -0.452 e. The lowest BCUT2D eigenvalue weighted by atomic mass is 10.2. The molecule has 0 saturated heterocycles. The van der Waals surface area contributed by atoms with Crippen molar-refractivity contribution in [1.82, 2.24) is 4.90 Å². The molecule has 7 heteroatoms. The van der Waals surface area contributed by atoms with Crippen LogP contribution in [0.15, 0.2) is 48.5 Å². The van der Waals surface area contributed by atoms with Gasteiger partial charge < -0.3 is 15.0 Å². The SMILES string of the molecule is CN(C)C(=O)c1ccc(NC(=O)COC(=O)c2ccc(I)cc2)cc1. The number of ether oxygens (including phenoxy) is 1. The van der Waals surface area contributed by atoms with Crippen LogP contribution in [0.4, 0.5) is 5.69 Å². The van der Waals surface area contributed by atoms with Gasteiger partial charge in [-0.25, -0.2) is 4.79 Å². The topological polar surface area (TPSA) is 75.7 Å². The van der Waals surface area contributed by atoms with Gasteiger partial charge in [0.05, 0.1) is 5.56 Å². The number of carbonyl (C=O) groups is 3. The van der Waals surface area contributed by atoms with Crippen LogP contribution in [0.5, 0.6) is 0 Å². The molecule has 0 atom stereocenters. The number of halogens is 1. The molecule has 0 aromatic heterocycles. The highest BCUT2D eigenvalue weighted by Gasteiger charge is 2.11. The predicted molar refractivity (Wildman–Crippen MR) is 103 cm³/mol. The lowest BCUT2D eigenvalue weighted by Crippen LogP contribution is -2.22. The Hall–Kier alpha value is -2.42. The van der Waals surface area contributed by atoms with Crippen molar-refractivity contribution in [2.45, 2.75) is 0 Å². The van der Waals surface area contributed by atoms with Crippen molar-refractivity contribution in [3.8, 4) is 0 Å². The van der Waals surface area contributed by atoms with Crippen molar-refractivity contribution < 1.29 is 19.1 Å². The first-order valence-corrected chi connectivity index (χ1v) is 8.49. The molecule has 6 nitrogen and oxygen atoms in total. The highest BCUT2D eigenvalue weighted by Crippen LogP contribution is 2.11. The summed E-state index contributed by atoms with van der Waals surface area (Å²) in [6.45, 7) is -0.386. The third-order valence-electron chi connectivity index (χ3n) is 3.24. The van der Waals surface area contributed by atoms with E-state index >= 15 is 0 Å². The molecule has 2 rings (SSSR count). The van der Waals surface area contributed by atoms with Crippen LogP contribution in [0, 0.1) is 3.57 Å². The smallest absolute Gasteiger partial charge is 0.338 e. The number of hydrogen-bond acceptors (Lipinski definition) is 4. The highest BCUT2D eigenvalue weighted by molar-refractivity contribution is 14.1. The Bertz CT molecular complexity index is 771. The molecule has 0 bridgehead atoms. The van der Waals surface area contributed by atoms with E-state index in [9.17, 15) is 14.4 Å². The highest BCUT2D eigenvalue weighted by atomic mass is 127. The monoisotopic (exact) mass is 452 g/mol. The van der Waals surface area contributed by atoms with Gasteiger partial charge in [0.25, 0.3) is 11.8 Å². The average Bonchev–Trinajstić information content (AvgIpc) is 2.60. The van der Waals surface area contributed by atoms with Crippen LogP contribution >= 0.6 is 22.6 Å². The van der Waals surface area contributed by atoms with Crippen LogP contribution in [0.25, 0.3) is 0 Å². The first-order valence-electron chi connectivity index (χ1n) is 7.41. The summed E-state index contributed by atoms with van der Waals surface area (Å²) in [5, 5.41) is 2.61. The third-order valence-corrected chi connectivity index (χ3v) is 3.96. The van der Waals surface area contributed by atoms with Gasteiger partial charge in [0.1, 0.15) is 0 Å². The fourth-order valence-electron chi connectivity index (χ4n) is 1.95. The zero-order valence-corrected chi connectivity index (χ0v) is 15.9. The van der Waals surface area contributed by atoms with Crippen LogP contribution in [0.3, 0.4) is 0 Å². The first kappa shape index (κ1) is 18.9. The summed E-state index contributed by atoms with van der Waals surface area (Å²) in [4.78, 5) is 37.0. The Labute approximate surface area is 159 Å². The fourth-order valence-corrected chi connectivity index (χ4v) is 2.31. The minimum atomic E-state index is -0.557. The molecule has 0 aliphatic heterocycles. The second-order valence-electron chi connectivity index (χ2n) is 5.41. The number of benzene rings is 2. The van der Waals surface area contributed by atoms with E-state index in [4.69, 9.17) is 4.74 Å². The van der Waals surface area contributed by atoms with E-state index < -0.39 is 11.9 Å². The maximum Gasteiger partial charge on any atom is 0.338 e. The molecule has 0 fully saturated rings. The summed E-state index contributed by atoms with van der Waals surface area (Å²) in [6, 6.07) is 13.3. The van der Waals surface area contributed by atoms with E-state index in [0.717, 1.165) is 3.57 Å². The van der Waals surface area contributed by atoms with Crippen LogP contribution < -0.4 is 5.32 Å². The van der Waals surface area contributed by atoms with Gasteiger partial charge in [-0.05, 0) is 71.1 Å². The summed E-state index contributed by atoms with van der Waals surface area (Å²) < 4.78 is 5.98. The quantitative estimate of drug-likeness (QED) is 0.560. The van der Waals surface area contributed by atoms with Gasteiger partial charge in [-0.1, -0.05) is 0 Å². The Morgan fingerprint density at radius 2 is 1.52 bits per heavy atom. The number of nitrogens with zero attached hydrogens (tertiary/aromatic N) is 1. The molecular formula is C18H17IN2O4. The second kappa shape index (κ2) is 8.61. The Morgan fingerprint density at radius 3 is 2.08 bits per heavy atom. The standard InChI is InChI=1S/C18H17IN2O4/c1-21(2)17(23)12-5-9-15(10-6-12)20-16(22)11-25-18(24)13-3-7-14(19)8-4-13/h3-10H,11H2,1-2H3,(H,20,22). The van der Waals surface area contributed by atoms with Gasteiger partial charge in [-0.2, -0.15) is 0 Å². The van der Waals surface area contributed by atoms with Crippen molar-refractivity contribution in [1.29, 1.82) is 0 Å². The van der Waals surface area contributed by atoms with Crippen LogP contribution in [-0.4, -0.2) is 43.4 Å². The van der Waals surface area contributed by atoms with Crippen LogP contribution in [0.2, 0.25) is 0 Å². The van der Waals surface area contributed by atoms with E-state index in [1.807, 2.05) is 0 Å². The van der Waals surface area contributed by atoms with Crippen molar-refractivity contribution in [2.24, 2.45) is 0 Å². The van der Waals surface area contributed by atoms with E-state index in [1.54, 1.807) is 62.6 Å². The summed E-state index contributed by atoms with van der Waals surface area (Å²) in [5.74, 6) is -1.13. The molecule has 1 N–H and O–H groups in total. The fraction of sp³-hybridized carbons (Fsp3) is 0.167. The Kier molecular flexibility index (Phi) is 6.51. The van der Waals surface area contributed by atoms with E-state index in [-0.39, 0.29) is 12.5 Å². The molecule has 2 aromatic rings. The predicted octanol–water partition coefficient (Wildman–Crippen LogP) is 2.79. The lowest BCUT2D eigenvalue weighted by molar-refractivity contribution is -0.119. The maximum atomic E-state index is 11.9. The molecule has 2 amide bonds. The molecule has 130 valence electrons. The van der Waals surface area contributed by atoms with E-state index in [0.29, 0.717) is 16.8 Å². The zero-order valence-electron chi connectivity index (χ0n) is 13.8. The normalized spacial score (nSPS) is 10.0. The van der Waals surface area contributed by atoms with Gasteiger partial charge in [0, 0.05) is 28.9 Å². The van der Waals surface area contributed by atoms with Gasteiger partial charge in [-0.15, -0.1) is 0 Å². The Morgan fingerprint density at radius 1 is 0.960 bits per heavy atom. The molecule has 25 heavy (non-hydrogen) atoms. The van der Waals surface area contributed by atoms with Gasteiger partial charge in [0.15, 0.2) is 6.61 Å². The zero-order chi connectivity index (χ0) is 18.4. The van der Waals surface area contributed by atoms with Crippen molar-refractivity contribution in [2.75, 3.05) is 26.0 Å². The number of anilines is 1. The molecular weight excluding hydrogens is 435 g/mol. The van der Waals surface area contributed by atoms with Crippen molar-refractivity contribution in [3.63, 3.8) is 0 Å². The molecule has 0 aliphatic rings. The number of carbonyl (C=O) groups excluding carboxylic acids is 3. The van der Waals surface area contributed by atoms with Crippen molar-refractivity contribution in [3.05, 3.63) is 63.2 Å². The van der Waals surface area contributed by atoms with Gasteiger partial charge >= 0.3 is 5.97 Å². The minimum absolute atomic E-state index is 0.121. The van der Waals surface area contributed by atoms with Gasteiger partial charge in [-0.3, -0.25) is 9.59 Å². The van der Waals surface area contributed by atoms with Crippen LogP contribution in [-0.2, 0) is 9.53 Å². The molecule has 0 unspecified atom stereocenters. The van der Waals surface area contributed by atoms with Crippen LogP contribution in [0.1, 0.15) is 20.7 Å². The number of hydrogen-bond donors (Lipinski definition) is 1. The summed E-state index contributed by atoms with van der Waals surface area (Å²) in [6.07, 6.45) is 0. The van der Waals surface area contributed by atoms with Gasteiger partial charge in [0.2, 0.25) is 0 Å². The Balaban J connectivity index is 1.86. The lowest BCUT2D eigenvalue weighted by Gasteiger charge is -2.11. The van der Waals surface area contributed by atoms with E-state index in [1.165, 1.54) is 4.90 Å². The number of nitrogens with one attached hydrogen (secondary N) is 1. The molecule has 2 aromatic carbocycles. The largest absolute Gasteiger partial charge is 0.452 e. The summed E-state index contributed by atoms with van der Waals surface area (Å²) in [7, 11) is 3.33. The average molecular weight is 452 g/mol. The number of esters is 1. The van der Waals surface area contributed by atoms with Crippen molar-refractivity contribution >= 4 is 46.1 Å². The molecule has 0 aliphatic carbocycles. The number of amides is 2. The first-order chi connectivity index (χ1) is 11.9. The maximum absolute atomic E-state index is 11.9. The molecule has 0 saturated carbocycles. The summed E-state index contributed by atoms with van der Waals surface area (Å²) in [5.41, 5.74) is 1.43. The third kappa shape index (κ3) is 5.56. The summed E-state index contributed by atoms with van der Waals surface area (Å²) >= 11 is 2.13. The second-order valence-corrected chi connectivity index (χ2v) is 6.65.